The molecule has 1 aromatic carbocycles. The van der Waals surface area contributed by atoms with E-state index in [1.54, 1.807) is 18.2 Å². The fraction of sp³-hybridized carbons (Fsp3) is 0.357. The summed E-state index contributed by atoms with van der Waals surface area (Å²) in [6.45, 7) is 3.68. The average molecular weight is 358 g/mol. The molecule has 0 aliphatic heterocycles. The van der Waals surface area contributed by atoms with Crippen molar-refractivity contribution >= 4 is 27.3 Å². The highest BCUT2D eigenvalue weighted by molar-refractivity contribution is 7.90. The predicted molar refractivity (Wildman–Crippen MR) is 83.9 cm³/mol. The highest BCUT2D eigenvalue weighted by Gasteiger charge is 2.27. The Balaban J connectivity index is 2.26. The lowest BCUT2D eigenvalue weighted by Gasteiger charge is -2.18. The Hall–Kier alpha value is -1.93. The standard InChI is InChI=1S/C14H16ClN3O4S/c1-8(2)11(13-17-18-14(22-13)23(3,20)21)16-12(19)9-5-4-6-10(15)7-9/h4-8,11H,1-3H3,(H,16,19)/t11-/m0/s1. The molecule has 2 rings (SSSR count). The molecule has 124 valence electrons. The van der Waals surface area contributed by atoms with Gasteiger partial charge in [0, 0.05) is 16.8 Å². The number of carbonyl (C=O) groups excluding carboxylic acids is 1. The third-order valence-corrected chi connectivity index (χ3v) is 4.08. The monoisotopic (exact) mass is 357 g/mol. The van der Waals surface area contributed by atoms with E-state index in [4.69, 9.17) is 16.0 Å². The molecule has 0 bridgehead atoms. The summed E-state index contributed by atoms with van der Waals surface area (Å²) in [6, 6.07) is 5.85. The Morgan fingerprint density at radius 2 is 2.00 bits per heavy atom. The molecule has 1 N–H and O–H groups in total. The smallest absolute Gasteiger partial charge is 0.335 e. The van der Waals surface area contributed by atoms with Gasteiger partial charge in [0.05, 0.1) is 0 Å². The molecule has 0 saturated carbocycles. The zero-order valence-electron chi connectivity index (χ0n) is 12.8. The van der Waals surface area contributed by atoms with Crippen LogP contribution in [0.3, 0.4) is 0 Å². The summed E-state index contributed by atoms with van der Waals surface area (Å²) in [5.41, 5.74) is 0.381. The van der Waals surface area contributed by atoms with Crippen LogP contribution in [0.25, 0.3) is 0 Å². The van der Waals surface area contributed by atoms with Gasteiger partial charge in [-0.2, -0.15) is 0 Å². The molecule has 0 fully saturated rings. The number of hydrogen-bond donors (Lipinski definition) is 1. The van der Waals surface area contributed by atoms with Crippen LogP contribution in [-0.2, 0) is 9.84 Å². The van der Waals surface area contributed by atoms with Gasteiger partial charge in [-0.25, -0.2) is 8.42 Å². The summed E-state index contributed by atoms with van der Waals surface area (Å²) in [4.78, 5) is 12.3. The molecule has 1 aromatic heterocycles. The van der Waals surface area contributed by atoms with Gasteiger partial charge in [-0.3, -0.25) is 4.79 Å². The number of aromatic nitrogens is 2. The lowest BCUT2D eigenvalue weighted by molar-refractivity contribution is 0.0915. The van der Waals surface area contributed by atoms with E-state index in [-0.39, 0.29) is 17.7 Å². The summed E-state index contributed by atoms with van der Waals surface area (Å²) < 4.78 is 28.0. The largest absolute Gasteiger partial charge is 0.410 e. The minimum atomic E-state index is -3.60. The second-order valence-electron chi connectivity index (χ2n) is 5.38. The van der Waals surface area contributed by atoms with Gasteiger partial charge in [-0.15, -0.1) is 5.10 Å². The van der Waals surface area contributed by atoms with E-state index >= 15 is 0 Å². The zero-order valence-corrected chi connectivity index (χ0v) is 14.4. The summed E-state index contributed by atoms with van der Waals surface area (Å²) in [7, 11) is -3.60. The molecule has 1 amide bonds. The number of halogens is 1. The van der Waals surface area contributed by atoms with Crippen LogP contribution in [0, 0.1) is 5.92 Å². The van der Waals surface area contributed by atoms with Gasteiger partial charge in [-0.05, 0) is 24.1 Å². The van der Waals surface area contributed by atoms with Crippen molar-refractivity contribution in [3.05, 3.63) is 40.7 Å². The third kappa shape index (κ3) is 4.29. The summed E-state index contributed by atoms with van der Waals surface area (Å²) in [6.07, 6.45) is 0.971. The molecular weight excluding hydrogens is 342 g/mol. The Morgan fingerprint density at radius 3 is 2.52 bits per heavy atom. The van der Waals surface area contributed by atoms with Crippen LogP contribution in [0.15, 0.2) is 33.9 Å². The minimum absolute atomic E-state index is 0.0378. The number of benzene rings is 1. The second kappa shape index (κ2) is 6.67. The van der Waals surface area contributed by atoms with E-state index in [0.29, 0.717) is 10.6 Å². The van der Waals surface area contributed by atoms with E-state index in [1.165, 1.54) is 6.07 Å². The maximum Gasteiger partial charge on any atom is 0.335 e. The molecule has 0 saturated heterocycles. The molecule has 0 unspecified atom stereocenters. The first-order valence-electron chi connectivity index (χ1n) is 6.78. The Bertz CT molecular complexity index is 817. The molecule has 23 heavy (non-hydrogen) atoms. The number of nitrogens with one attached hydrogen (secondary N) is 1. The lowest BCUT2D eigenvalue weighted by Crippen LogP contribution is -2.32. The van der Waals surface area contributed by atoms with Gasteiger partial charge in [0.25, 0.3) is 5.91 Å². The fourth-order valence-corrected chi connectivity index (χ4v) is 2.48. The lowest BCUT2D eigenvalue weighted by atomic mass is 10.0. The molecule has 0 aliphatic carbocycles. The van der Waals surface area contributed by atoms with Crippen molar-refractivity contribution in [1.82, 2.24) is 15.5 Å². The van der Waals surface area contributed by atoms with Gasteiger partial charge in [0.2, 0.25) is 15.7 Å². The molecule has 2 aromatic rings. The van der Waals surface area contributed by atoms with Crippen molar-refractivity contribution in [2.45, 2.75) is 25.1 Å². The topological polar surface area (TPSA) is 102 Å². The van der Waals surface area contributed by atoms with Gasteiger partial charge < -0.3 is 9.73 Å². The highest BCUT2D eigenvalue weighted by Crippen LogP contribution is 2.22. The van der Waals surface area contributed by atoms with Gasteiger partial charge in [0.15, 0.2) is 0 Å². The zero-order chi connectivity index (χ0) is 17.2. The SMILES string of the molecule is CC(C)[C@H](NC(=O)c1cccc(Cl)c1)c1nnc(S(C)(=O)=O)o1. The Labute approximate surface area is 139 Å². The third-order valence-electron chi connectivity index (χ3n) is 3.05. The molecule has 0 aliphatic rings. The maximum absolute atomic E-state index is 12.3. The van der Waals surface area contributed by atoms with Crippen molar-refractivity contribution in [1.29, 1.82) is 0 Å². The second-order valence-corrected chi connectivity index (χ2v) is 7.71. The van der Waals surface area contributed by atoms with Crippen LogP contribution >= 0.6 is 11.6 Å². The summed E-state index contributed by atoms with van der Waals surface area (Å²) >= 11 is 5.87. The first-order valence-corrected chi connectivity index (χ1v) is 9.05. The van der Waals surface area contributed by atoms with Crippen LogP contribution in [0.1, 0.15) is 36.1 Å². The number of amides is 1. The summed E-state index contributed by atoms with van der Waals surface area (Å²) in [5.74, 6) is -0.424. The van der Waals surface area contributed by atoms with Crippen LogP contribution < -0.4 is 5.32 Å². The molecule has 7 nitrogen and oxygen atoms in total. The van der Waals surface area contributed by atoms with Crippen molar-refractivity contribution in [3.8, 4) is 0 Å². The van der Waals surface area contributed by atoms with E-state index in [1.807, 2.05) is 13.8 Å². The van der Waals surface area contributed by atoms with E-state index in [9.17, 15) is 13.2 Å². The van der Waals surface area contributed by atoms with Crippen LogP contribution in [0.2, 0.25) is 5.02 Å². The maximum atomic E-state index is 12.3. The number of nitrogens with zero attached hydrogens (tertiary/aromatic N) is 2. The van der Waals surface area contributed by atoms with E-state index in [0.717, 1.165) is 6.26 Å². The number of sulfone groups is 1. The number of hydrogen-bond acceptors (Lipinski definition) is 6. The first kappa shape index (κ1) is 17.4. The normalized spacial score (nSPS) is 13.1. The quantitative estimate of drug-likeness (QED) is 0.880. The van der Waals surface area contributed by atoms with E-state index < -0.39 is 21.1 Å². The predicted octanol–water partition coefficient (Wildman–Crippen LogP) is 2.25. The highest BCUT2D eigenvalue weighted by atomic mass is 35.5. The van der Waals surface area contributed by atoms with Crippen molar-refractivity contribution in [2.75, 3.05) is 6.26 Å². The Kier molecular flexibility index (Phi) is 5.06. The minimum Gasteiger partial charge on any atom is -0.410 e. The van der Waals surface area contributed by atoms with Gasteiger partial charge in [-0.1, -0.05) is 36.6 Å². The molecular formula is C14H16ClN3O4S. The fourth-order valence-electron chi connectivity index (χ4n) is 1.86. The molecule has 9 heteroatoms. The van der Waals surface area contributed by atoms with Gasteiger partial charge in [0.1, 0.15) is 6.04 Å². The van der Waals surface area contributed by atoms with Crippen LogP contribution in [0.5, 0.6) is 0 Å². The summed E-state index contributed by atoms with van der Waals surface area (Å²) in [5, 5.41) is 9.96. The number of carbonyl (C=O) groups is 1. The average Bonchev–Trinajstić information content (AvgIpc) is 2.93. The van der Waals surface area contributed by atoms with E-state index in [2.05, 4.69) is 15.5 Å². The first-order chi connectivity index (χ1) is 10.7. The molecule has 1 atom stereocenters. The molecule has 0 radical (unpaired) electrons. The van der Waals surface area contributed by atoms with Crippen molar-refractivity contribution in [2.24, 2.45) is 5.92 Å². The van der Waals surface area contributed by atoms with Crippen LogP contribution in [-0.4, -0.2) is 30.8 Å². The van der Waals surface area contributed by atoms with Gasteiger partial charge >= 0.3 is 5.22 Å². The Morgan fingerprint density at radius 1 is 1.30 bits per heavy atom. The van der Waals surface area contributed by atoms with Crippen molar-refractivity contribution in [3.63, 3.8) is 0 Å². The van der Waals surface area contributed by atoms with Crippen molar-refractivity contribution < 1.29 is 17.6 Å². The van der Waals surface area contributed by atoms with Crippen LogP contribution in [0.4, 0.5) is 0 Å². The number of rotatable bonds is 5. The molecule has 1 heterocycles. The molecule has 0 spiro atoms.